The van der Waals surface area contributed by atoms with Crippen LogP contribution in [0, 0.1) is 11.8 Å². The molecule has 102 valence electrons. The van der Waals surface area contributed by atoms with Gasteiger partial charge in [0.2, 0.25) is 5.91 Å². The van der Waals surface area contributed by atoms with Gasteiger partial charge in [0.15, 0.2) is 9.84 Å². The topological polar surface area (TPSA) is 63.2 Å². The van der Waals surface area contributed by atoms with Gasteiger partial charge in [-0.25, -0.2) is 8.42 Å². The predicted octanol–water partition coefficient (Wildman–Crippen LogP) is 1.11. The van der Waals surface area contributed by atoms with Crippen LogP contribution < -0.4 is 5.32 Å². The highest BCUT2D eigenvalue weighted by Crippen LogP contribution is 2.10. The monoisotopic (exact) mass is 279 g/mol. The molecule has 0 fully saturated rings. The number of carbonyl (C=O) groups is 1. The molecule has 0 atom stereocenters. The van der Waals surface area contributed by atoms with Gasteiger partial charge in [-0.1, -0.05) is 30.0 Å². The van der Waals surface area contributed by atoms with Crippen LogP contribution in [0.5, 0.6) is 0 Å². The second-order valence-corrected chi connectivity index (χ2v) is 6.40. The van der Waals surface area contributed by atoms with Crippen molar-refractivity contribution in [2.24, 2.45) is 0 Å². The molecular weight excluding hydrogens is 262 g/mol. The van der Waals surface area contributed by atoms with E-state index in [9.17, 15) is 13.2 Å². The third-order valence-electron chi connectivity index (χ3n) is 2.28. The molecule has 0 aliphatic rings. The standard InChI is InChI=1S/C14H17NO3S/c1-12(16)15-10-6-5-8-13-7-3-4-9-14(13)11-19(2,17)18/h3-4,7,9H,6,10-11H2,1-2H3,(H,15,16). The van der Waals surface area contributed by atoms with Crippen LogP contribution in [0.1, 0.15) is 24.5 Å². The largest absolute Gasteiger partial charge is 0.355 e. The van der Waals surface area contributed by atoms with Gasteiger partial charge in [-0.3, -0.25) is 4.79 Å². The van der Waals surface area contributed by atoms with E-state index in [2.05, 4.69) is 17.2 Å². The van der Waals surface area contributed by atoms with Crippen LogP contribution in [0.2, 0.25) is 0 Å². The molecule has 0 unspecified atom stereocenters. The maximum atomic E-state index is 11.3. The van der Waals surface area contributed by atoms with Gasteiger partial charge < -0.3 is 5.32 Å². The van der Waals surface area contributed by atoms with Gasteiger partial charge in [-0.2, -0.15) is 0 Å². The summed E-state index contributed by atoms with van der Waals surface area (Å²) in [4.78, 5) is 10.7. The molecule has 1 amide bonds. The Morgan fingerprint density at radius 2 is 2.00 bits per heavy atom. The Kier molecular flexibility index (Phi) is 5.58. The second kappa shape index (κ2) is 6.95. The summed E-state index contributed by atoms with van der Waals surface area (Å²) in [5.74, 6) is 5.77. The fraction of sp³-hybridized carbons (Fsp3) is 0.357. The zero-order chi connectivity index (χ0) is 14.3. The van der Waals surface area contributed by atoms with Gasteiger partial charge in [0.05, 0.1) is 5.75 Å². The van der Waals surface area contributed by atoms with Crippen LogP contribution >= 0.6 is 0 Å². The van der Waals surface area contributed by atoms with E-state index >= 15 is 0 Å². The number of sulfone groups is 1. The molecular formula is C14H17NO3S. The van der Waals surface area contributed by atoms with Gasteiger partial charge in [-0.15, -0.1) is 0 Å². The van der Waals surface area contributed by atoms with E-state index in [1.807, 2.05) is 6.07 Å². The highest BCUT2D eigenvalue weighted by Gasteiger charge is 2.07. The molecule has 0 saturated heterocycles. The van der Waals surface area contributed by atoms with Crippen molar-refractivity contribution in [3.8, 4) is 11.8 Å². The van der Waals surface area contributed by atoms with Crippen molar-refractivity contribution in [2.75, 3.05) is 12.8 Å². The molecule has 1 N–H and O–H groups in total. The summed E-state index contributed by atoms with van der Waals surface area (Å²) in [6.07, 6.45) is 1.74. The summed E-state index contributed by atoms with van der Waals surface area (Å²) in [7, 11) is -3.07. The van der Waals surface area contributed by atoms with Crippen LogP contribution in [-0.2, 0) is 20.4 Å². The Labute approximate surface area is 114 Å². The first kappa shape index (κ1) is 15.3. The second-order valence-electron chi connectivity index (χ2n) is 4.26. The first-order valence-corrected chi connectivity index (χ1v) is 7.93. The molecule has 0 aliphatic carbocycles. The first-order chi connectivity index (χ1) is 8.88. The van der Waals surface area contributed by atoms with Crippen LogP contribution in [-0.4, -0.2) is 27.1 Å². The number of hydrogen-bond acceptors (Lipinski definition) is 3. The van der Waals surface area contributed by atoms with Gasteiger partial charge in [0.1, 0.15) is 0 Å². The van der Waals surface area contributed by atoms with E-state index < -0.39 is 9.84 Å². The molecule has 1 rings (SSSR count). The molecule has 0 saturated carbocycles. The lowest BCUT2D eigenvalue weighted by molar-refractivity contribution is -0.118. The van der Waals surface area contributed by atoms with E-state index in [-0.39, 0.29) is 11.7 Å². The Morgan fingerprint density at radius 3 is 2.63 bits per heavy atom. The number of benzene rings is 1. The Bertz CT molecular complexity index is 609. The van der Waals surface area contributed by atoms with E-state index in [4.69, 9.17) is 0 Å². The molecule has 0 bridgehead atoms. The molecule has 1 aromatic rings. The SMILES string of the molecule is CC(=O)NCCC#Cc1ccccc1CS(C)(=O)=O. The maximum absolute atomic E-state index is 11.3. The summed E-state index contributed by atoms with van der Waals surface area (Å²) in [6.45, 7) is 1.95. The molecule has 0 heterocycles. The summed E-state index contributed by atoms with van der Waals surface area (Å²) in [5, 5.41) is 2.65. The summed E-state index contributed by atoms with van der Waals surface area (Å²) in [5.41, 5.74) is 1.42. The van der Waals surface area contributed by atoms with Gasteiger partial charge >= 0.3 is 0 Å². The molecule has 0 radical (unpaired) electrons. The van der Waals surface area contributed by atoms with Crippen molar-refractivity contribution < 1.29 is 13.2 Å². The highest BCUT2D eigenvalue weighted by atomic mass is 32.2. The quantitative estimate of drug-likeness (QED) is 0.663. The molecule has 0 aromatic heterocycles. The van der Waals surface area contributed by atoms with Gasteiger partial charge in [0.25, 0.3) is 0 Å². The van der Waals surface area contributed by atoms with Crippen LogP contribution in [0.15, 0.2) is 24.3 Å². The van der Waals surface area contributed by atoms with E-state index in [1.54, 1.807) is 18.2 Å². The molecule has 5 heteroatoms. The zero-order valence-corrected chi connectivity index (χ0v) is 11.9. The van der Waals surface area contributed by atoms with Crippen molar-refractivity contribution in [1.82, 2.24) is 5.32 Å². The normalized spacial score (nSPS) is 10.4. The van der Waals surface area contributed by atoms with E-state index in [1.165, 1.54) is 13.2 Å². The van der Waals surface area contributed by atoms with Gasteiger partial charge in [-0.05, 0) is 11.6 Å². The number of hydrogen-bond donors (Lipinski definition) is 1. The number of amides is 1. The molecule has 0 spiro atoms. The smallest absolute Gasteiger partial charge is 0.216 e. The molecule has 0 aliphatic heterocycles. The van der Waals surface area contributed by atoms with Crippen molar-refractivity contribution in [3.05, 3.63) is 35.4 Å². The highest BCUT2D eigenvalue weighted by molar-refractivity contribution is 7.89. The minimum atomic E-state index is -3.07. The molecule has 1 aromatic carbocycles. The van der Waals surface area contributed by atoms with Crippen molar-refractivity contribution in [2.45, 2.75) is 19.1 Å². The Morgan fingerprint density at radius 1 is 1.32 bits per heavy atom. The summed E-state index contributed by atoms with van der Waals surface area (Å²) >= 11 is 0. The molecule has 19 heavy (non-hydrogen) atoms. The number of rotatable bonds is 4. The maximum Gasteiger partial charge on any atom is 0.216 e. The van der Waals surface area contributed by atoms with Crippen molar-refractivity contribution in [1.29, 1.82) is 0 Å². The minimum Gasteiger partial charge on any atom is -0.355 e. The van der Waals surface area contributed by atoms with Crippen molar-refractivity contribution in [3.63, 3.8) is 0 Å². The van der Waals surface area contributed by atoms with Crippen molar-refractivity contribution >= 4 is 15.7 Å². The lowest BCUT2D eigenvalue weighted by atomic mass is 10.1. The zero-order valence-electron chi connectivity index (χ0n) is 11.1. The van der Waals surface area contributed by atoms with E-state index in [0.29, 0.717) is 18.5 Å². The average Bonchev–Trinajstić information content (AvgIpc) is 2.28. The lowest BCUT2D eigenvalue weighted by Crippen LogP contribution is -2.20. The lowest BCUT2D eigenvalue weighted by Gasteiger charge is -2.02. The number of nitrogens with one attached hydrogen (secondary N) is 1. The number of carbonyl (C=O) groups excluding carboxylic acids is 1. The third kappa shape index (κ3) is 6.63. The van der Waals surface area contributed by atoms with Crippen LogP contribution in [0.25, 0.3) is 0 Å². The van der Waals surface area contributed by atoms with E-state index in [0.717, 1.165) is 5.56 Å². The minimum absolute atomic E-state index is 0.0104. The van der Waals surface area contributed by atoms with Crippen LogP contribution in [0.3, 0.4) is 0 Å². The fourth-order valence-corrected chi connectivity index (χ4v) is 2.33. The Hall–Kier alpha value is -1.80. The predicted molar refractivity (Wildman–Crippen MR) is 75.2 cm³/mol. The Balaban J connectivity index is 2.73. The summed E-state index contributed by atoms with van der Waals surface area (Å²) < 4.78 is 22.6. The molecule has 4 nitrogen and oxygen atoms in total. The summed E-state index contributed by atoms with van der Waals surface area (Å²) in [6, 6.07) is 7.18. The average molecular weight is 279 g/mol. The fourth-order valence-electron chi connectivity index (χ4n) is 1.51. The third-order valence-corrected chi connectivity index (χ3v) is 3.12. The first-order valence-electron chi connectivity index (χ1n) is 5.87. The van der Waals surface area contributed by atoms with Crippen LogP contribution in [0.4, 0.5) is 0 Å². The van der Waals surface area contributed by atoms with Gasteiger partial charge in [0, 0.05) is 31.7 Å².